The molecule has 0 radical (unpaired) electrons. The number of ether oxygens (including phenoxy) is 2. The van der Waals surface area contributed by atoms with Gasteiger partial charge in [0.15, 0.2) is 6.10 Å². The van der Waals surface area contributed by atoms with Gasteiger partial charge in [0.05, 0.1) is 34.7 Å². The fraction of sp³-hybridized carbons (Fsp3) is 0.246. The molecule has 0 saturated heterocycles. The molecule has 23 heteroatoms. The fourth-order valence-electron chi connectivity index (χ4n) is 6.62. The van der Waals surface area contributed by atoms with Crippen LogP contribution in [0.15, 0.2) is 182 Å². The smallest absolute Gasteiger partial charge is 0.414 e. The van der Waals surface area contributed by atoms with Crippen molar-refractivity contribution in [1.29, 1.82) is 0 Å². The van der Waals surface area contributed by atoms with Crippen molar-refractivity contribution < 1.29 is 28.7 Å². The largest absolute Gasteiger partial charge is 0.439 e. The topological polar surface area (TPSA) is 285 Å². The van der Waals surface area contributed by atoms with E-state index in [1.165, 1.54) is 0 Å². The third kappa shape index (κ3) is 21.1. The molecule has 80 heavy (non-hydrogen) atoms. The van der Waals surface area contributed by atoms with Crippen LogP contribution in [-0.4, -0.2) is 145 Å². The Bertz CT molecular complexity index is 2850. The highest BCUT2D eigenvalue weighted by Gasteiger charge is 2.30. The number of amides is 2. The third-order valence-electron chi connectivity index (χ3n) is 10.6. The van der Waals surface area contributed by atoms with E-state index in [1.807, 2.05) is 137 Å². The molecular formula is C57H63N17O6. The number of hydrogen-bond acceptors (Lipinski definition) is 21. The predicted octanol–water partition coefficient (Wildman–Crippen LogP) is 8.55. The first-order chi connectivity index (χ1) is 39.2. The Hall–Kier alpha value is -10.1. The molecule has 1 aliphatic heterocycles. The van der Waals surface area contributed by atoms with Crippen molar-refractivity contribution in [1.82, 2.24) is 75.6 Å². The van der Waals surface area contributed by atoms with Gasteiger partial charge in [0, 0.05) is 69.8 Å². The molecule has 412 valence electrons. The Morgan fingerprint density at radius 3 is 1.19 bits per heavy atom. The van der Waals surface area contributed by atoms with Crippen LogP contribution < -0.4 is 5.32 Å². The first-order valence-electron chi connectivity index (χ1n) is 25.4. The van der Waals surface area contributed by atoms with Crippen LogP contribution in [-0.2, 0) is 19.1 Å². The van der Waals surface area contributed by atoms with Crippen LogP contribution in [0.1, 0.15) is 59.4 Å². The Kier molecular flexibility index (Phi) is 28.7. The van der Waals surface area contributed by atoms with Crippen LogP contribution in [0.4, 0.5) is 9.59 Å². The standard InChI is InChI=1S/C19H21N5O2.C14H10N4.C12H8N6.C7H13NO2.C4H11N.CO2/c1-3-24(4-2)19(25)26-17-13-16(14-9-5-7-11-20-14)22-23-18(17)15-10-6-8-12-21-15;1-3-9-15-11(5-1)13-7-8-14(18-17-13)12-6-2-4-10-16-12;1-3-7-13-9(5-1)11-15-17-12(18-16-11)10-6-2-4-8-14-10;1-4-8(5-2)7(9)10-6-3;1-3-5-4-2;2-1-3/h5-12,17H,3-4,13H2,1-2H3;1-10H;1-8H;6H,3-5H2,1-2H3;5H,3-4H2,1-2H3;. The summed E-state index contributed by atoms with van der Waals surface area (Å²) in [6.45, 7) is 19.8. The maximum absolute atomic E-state index is 12.5. The van der Waals surface area contributed by atoms with Gasteiger partial charge < -0.3 is 24.6 Å². The van der Waals surface area contributed by atoms with Crippen LogP contribution in [0.3, 0.4) is 0 Å². The second kappa shape index (κ2) is 36.8. The average Bonchev–Trinajstić information content (AvgIpc) is 3.54. The van der Waals surface area contributed by atoms with Crippen molar-refractivity contribution in [2.75, 3.05) is 39.3 Å². The van der Waals surface area contributed by atoms with E-state index in [-0.39, 0.29) is 18.3 Å². The summed E-state index contributed by atoms with van der Waals surface area (Å²) in [6, 6.07) is 37.3. The molecule has 9 heterocycles. The Morgan fingerprint density at radius 2 is 0.863 bits per heavy atom. The number of hydrogen-bond donors (Lipinski definition) is 1. The zero-order valence-electron chi connectivity index (χ0n) is 45.4. The molecule has 0 spiro atoms. The lowest BCUT2D eigenvalue weighted by Gasteiger charge is -2.26. The van der Waals surface area contributed by atoms with Gasteiger partial charge in [-0.05, 0) is 126 Å². The molecule has 1 aliphatic rings. The summed E-state index contributed by atoms with van der Waals surface area (Å²) in [7, 11) is 0. The molecule has 0 saturated carbocycles. The van der Waals surface area contributed by atoms with Crippen molar-refractivity contribution in [2.24, 2.45) is 10.2 Å². The number of nitrogens with one attached hydrogen (secondary N) is 1. The van der Waals surface area contributed by atoms with Crippen LogP contribution in [0.5, 0.6) is 0 Å². The highest BCUT2D eigenvalue weighted by molar-refractivity contribution is 6.10. The maximum atomic E-state index is 12.5. The molecule has 1 N–H and O–H groups in total. The predicted molar refractivity (Wildman–Crippen MR) is 301 cm³/mol. The molecule has 0 fully saturated rings. The highest BCUT2D eigenvalue weighted by Crippen LogP contribution is 2.20. The van der Waals surface area contributed by atoms with Crippen LogP contribution in [0, 0.1) is 0 Å². The lowest BCUT2D eigenvalue weighted by atomic mass is 10.0. The van der Waals surface area contributed by atoms with Gasteiger partial charge in [-0.15, -0.1) is 35.7 Å². The summed E-state index contributed by atoms with van der Waals surface area (Å²) in [6.07, 6.45) is 10.7. The van der Waals surface area contributed by atoms with Crippen molar-refractivity contribution in [2.45, 2.75) is 54.1 Å². The Morgan fingerprint density at radius 1 is 0.500 bits per heavy atom. The van der Waals surface area contributed by atoms with Crippen molar-refractivity contribution >= 4 is 29.8 Å². The van der Waals surface area contributed by atoms with Crippen molar-refractivity contribution in [3.63, 3.8) is 0 Å². The summed E-state index contributed by atoms with van der Waals surface area (Å²) in [4.78, 5) is 68.1. The maximum Gasteiger partial charge on any atom is 0.414 e. The minimum absolute atomic E-state index is 0.250. The summed E-state index contributed by atoms with van der Waals surface area (Å²) in [5.41, 5.74) is 7.04. The van der Waals surface area contributed by atoms with E-state index in [4.69, 9.17) is 14.3 Å². The number of carbonyl (C=O) groups excluding carboxylic acids is 4. The summed E-state index contributed by atoms with van der Waals surface area (Å²) < 4.78 is 10.3. The molecule has 1 atom stereocenters. The van der Waals surface area contributed by atoms with E-state index in [9.17, 15) is 9.59 Å². The quantitative estimate of drug-likeness (QED) is 0.0997. The second-order valence-electron chi connectivity index (χ2n) is 15.7. The molecule has 2 amide bonds. The summed E-state index contributed by atoms with van der Waals surface area (Å²) >= 11 is 0. The Labute approximate surface area is 464 Å². The number of nitrogens with zero attached hydrogens (tertiary/aromatic N) is 16. The molecular weight excluding hydrogens is 1020 g/mol. The molecule has 0 aliphatic carbocycles. The molecule has 0 bridgehead atoms. The normalized spacial score (nSPS) is 11.7. The molecule has 0 aromatic carbocycles. The monoisotopic (exact) mass is 1080 g/mol. The van der Waals surface area contributed by atoms with Crippen LogP contribution in [0.25, 0.3) is 45.8 Å². The van der Waals surface area contributed by atoms with E-state index < -0.39 is 6.10 Å². The average molecular weight is 1080 g/mol. The van der Waals surface area contributed by atoms with Gasteiger partial charge in [-0.3, -0.25) is 29.9 Å². The Balaban J connectivity index is 0.000000228. The number of carbonyl (C=O) groups is 2. The molecule has 23 nitrogen and oxygen atoms in total. The van der Waals surface area contributed by atoms with E-state index >= 15 is 0 Å². The van der Waals surface area contributed by atoms with Gasteiger partial charge >= 0.3 is 18.3 Å². The van der Waals surface area contributed by atoms with Crippen LogP contribution >= 0.6 is 0 Å². The van der Waals surface area contributed by atoms with Gasteiger partial charge in [0.25, 0.3) is 0 Å². The van der Waals surface area contributed by atoms with Crippen molar-refractivity contribution in [3.05, 3.63) is 183 Å². The molecule has 8 aromatic heterocycles. The van der Waals surface area contributed by atoms with E-state index in [2.05, 4.69) is 101 Å². The lowest BCUT2D eigenvalue weighted by molar-refractivity contribution is -0.191. The number of rotatable bonds is 14. The first-order valence-corrected chi connectivity index (χ1v) is 25.4. The number of aromatic nitrogens is 12. The van der Waals surface area contributed by atoms with E-state index in [1.54, 1.807) is 59.1 Å². The van der Waals surface area contributed by atoms with Gasteiger partial charge in [-0.2, -0.15) is 14.7 Å². The van der Waals surface area contributed by atoms with Gasteiger partial charge in [0.2, 0.25) is 11.6 Å². The fourth-order valence-corrected chi connectivity index (χ4v) is 6.62. The van der Waals surface area contributed by atoms with Crippen LogP contribution in [0.2, 0.25) is 0 Å². The lowest BCUT2D eigenvalue weighted by Crippen LogP contribution is -2.39. The van der Waals surface area contributed by atoms with Crippen molar-refractivity contribution in [3.8, 4) is 45.8 Å². The van der Waals surface area contributed by atoms with E-state index in [0.717, 1.165) is 47.8 Å². The van der Waals surface area contributed by atoms with Gasteiger partial charge in [-0.1, -0.05) is 56.8 Å². The number of pyridine rings is 6. The summed E-state index contributed by atoms with van der Waals surface area (Å²) in [5.74, 6) is 0.797. The minimum Gasteiger partial charge on any atom is -0.439 e. The molecule has 8 aromatic rings. The highest BCUT2D eigenvalue weighted by atomic mass is 16.6. The van der Waals surface area contributed by atoms with E-state index in [0.29, 0.717) is 72.8 Å². The summed E-state index contributed by atoms with van der Waals surface area (Å²) in [5, 5.41) is 36.1. The zero-order valence-corrected chi connectivity index (χ0v) is 45.4. The first kappa shape index (κ1) is 62.4. The zero-order chi connectivity index (χ0) is 57.6. The third-order valence-corrected chi connectivity index (χ3v) is 10.6. The SMILES string of the molecule is C=COC(=O)N(CC)CC.CCN(CC)C(=O)OC1CC(c2ccccn2)=NN=C1c1ccccn1.CCNCC.O=C=O.c1ccc(-c2ccc(-c3ccccn3)nn2)nc1.c1ccc(-c2nnc(-c3ccccn3)nn2)nc1. The molecule has 9 rings (SSSR count). The second-order valence-corrected chi connectivity index (χ2v) is 15.7. The van der Waals surface area contributed by atoms with Gasteiger partial charge in [-0.25, -0.2) is 9.59 Å². The minimum atomic E-state index is -0.562. The molecule has 1 unspecified atom stereocenters. The van der Waals surface area contributed by atoms with Gasteiger partial charge in [0.1, 0.15) is 28.5 Å².